The Morgan fingerprint density at radius 1 is 1.23 bits per heavy atom. The Morgan fingerprint density at radius 3 is 2.77 bits per heavy atom. The molecule has 22 heavy (non-hydrogen) atoms. The number of fused-ring (bicyclic) bond motifs is 1. The van der Waals surface area contributed by atoms with Crippen molar-refractivity contribution >= 4 is 23.0 Å². The van der Waals surface area contributed by atoms with Crippen LogP contribution in [0.2, 0.25) is 0 Å². The van der Waals surface area contributed by atoms with E-state index in [1.54, 1.807) is 26.0 Å². The fourth-order valence-electron chi connectivity index (χ4n) is 1.80. The second kappa shape index (κ2) is 8.05. The molecule has 1 aromatic heterocycles. The summed E-state index contributed by atoms with van der Waals surface area (Å²) < 4.78 is 10.9. The van der Waals surface area contributed by atoms with E-state index in [2.05, 4.69) is 9.78 Å². The van der Waals surface area contributed by atoms with E-state index in [9.17, 15) is 4.79 Å². The van der Waals surface area contributed by atoms with Crippen molar-refractivity contribution in [2.24, 2.45) is 0 Å². The first kappa shape index (κ1) is 15.9. The Balaban J connectivity index is 2.09. The van der Waals surface area contributed by atoms with E-state index in [1.807, 2.05) is 30.3 Å². The number of carbonyl (C=O) groups excluding carboxylic acids is 1. The maximum Gasteiger partial charge on any atom is 0.407 e. The van der Waals surface area contributed by atoms with Crippen LogP contribution >= 0.6 is 0 Å². The minimum Gasteiger partial charge on any atom is -0.487 e. The number of carbonyl (C=O) groups is 1. The van der Waals surface area contributed by atoms with Gasteiger partial charge >= 0.3 is 5.97 Å². The second-order valence-corrected chi connectivity index (χ2v) is 4.29. The lowest BCUT2D eigenvalue weighted by Crippen LogP contribution is -2.11. The zero-order valence-corrected chi connectivity index (χ0v) is 12.6. The average molecular weight is 302 g/mol. The molecule has 0 unspecified atom stereocenters. The standard InChI is InChI=1S/C17H18O5/c1-3-19-16(17(18)22-20-4-2)11-7-9-14-12-13-8-5-6-10-15(13)21-14/h5-12H,3-4H2,1-2H3. The van der Waals surface area contributed by atoms with Gasteiger partial charge in [0.1, 0.15) is 11.3 Å². The quantitative estimate of drug-likeness (QED) is 0.255. The number of furan rings is 1. The molecule has 1 aromatic carbocycles. The maximum atomic E-state index is 11.7. The molecule has 0 bridgehead atoms. The van der Waals surface area contributed by atoms with Crippen molar-refractivity contribution in [2.45, 2.75) is 13.8 Å². The van der Waals surface area contributed by atoms with Gasteiger partial charge in [0, 0.05) is 5.39 Å². The van der Waals surface area contributed by atoms with Crippen LogP contribution in [0.15, 0.2) is 52.7 Å². The first-order chi connectivity index (χ1) is 10.7. The maximum absolute atomic E-state index is 11.7. The second-order valence-electron chi connectivity index (χ2n) is 4.29. The smallest absolute Gasteiger partial charge is 0.407 e. The third kappa shape index (κ3) is 4.23. The summed E-state index contributed by atoms with van der Waals surface area (Å²) in [6, 6.07) is 9.64. The van der Waals surface area contributed by atoms with Crippen LogP contribution in [0.5, 0.6) is 0 Å². The molecule has 5 nitrogen and oxygen atoms in total. The summed E-state index contributed by atoms with van der Waals surface area (Å²) >= 11 is 0. The van der Waals surface area contributed by atoms with Crippen LogP contribution in [0, 0.1) is 0 Å². The number of hydrogen-bond acceptors (Lipinski definition) is 5. The number of ether oxygens (including phenoxy) is 1. The fraction of sp³-hybridized carbons (Fsp3) is 0.235. The molecule has 2 aromatic rings. The number of benzene rings is 1. The first-order valence-electron chi connectivity index (χ1n) is 7.08. The highest BCUT2D eigenvalue weighted by Crippen LogP contribution is 2.19. The van der Waals surface area contributed by atoms with Gasteiger partial charge in [0.25, 0.3) is 0 Å². The molecule has 1 heterocycles. The molecule has 0 aliphatic rings. The Kier molecular flexibility index (Phi) is 5.80. The molecule has 0 spiro atoms. The normalized spacial score (nSPS) is 12.0. The molecule has 0 aliphatic heterocycles. The topological polar surface area (TPSA) is 57.9 Å². The average Bonchev–Trinajstić information content (AvgIpc) is 2.94. The van der Waals surface area contributed by atoms with Gasteiger partial charge in [0.2, 0.25) is 5.76 Å². The van der Waals surface area contributed by atoms with Crippen LogP contribution in [-0.2, 0) is 19.3 Å². The molecule has 0 N–H and O–H groups in total. The Morgan fingerprint density at radius 2 is 2.05 bits per heavy atom. The number of hydrogen-bond donors (Lipinski definition) is 0. The van der Waals surface area contributed by atoms with Crippen LogP contribution in [0.3, 0.4) is 0 Å². The first-order valence-corrected chi connectivity index (χ1v) is 7.08. The van der Waals surface area contributed by atoms with Gasteiger partial charge in [-0.25, -0.2) is 4.79 Å². The van der Waals surface area contributed by atoms with E-state index in [1.165, 1.54) is 6.08 Å². The monoisotopic (exact) mass is 302 g/mol. The van der Waals surface area contributed by atoms with Crippen LogP contribution in [0.4, 0.5) is 0 Å². The summed E-state index contributed by atoms with van der Waals surface area (Å²) in [5.74, 6) is 0.0905. The Hall–Kier alpha value is -2.53. The van der Waals surface area contributed by atoms with E-state index in [4.69, 9.17) is 9.15 Å². The summed E-state index contributed by atoms with van der Waals surface area (Å²) in [5.41, 5.74) is 0.812. The fourth-order valence-corrected chi connectivity index (χ4v) is 1.80. The minimum atomic E-state index is -0.669. The molecule has 2 rings (SSSR count). The summed E-state index contributed by atoms with van der Waals surface area (Å²) in [6.07, 6.45) is 4.92. The lowest BCUT2D eigenvalue weighted by atomic mass is 10.2. The van der Waals surface area contributed by atoms with Gasteiger partial charge in [-0.15, -0.1) is 0 Å². The molecule has 0 aliphatic carbocycles. The van der Waals surface area contributed by atoms with Gasteiger partial charge in [-0.05, 0) is 38.1 Å². The predicted molar refractivity (Wildman–Crippen MR) is 82.7 cm³/mol. The lowest BCUT2D eigenvalue weighted by Gasteiger charge is -2.05. The van der Waals surface area contributed by atoms with Crippen molar-refractivity contribution in [1.82, 2.24) is 0 Å². The van der Waals surface area contributed by atoms with Crippen LogP contribution < -0.4 is 0 Å². The number of rotatable bonds is 7. The molecule has 5 heteroatoms. The Bertz CT molecular complexity index is 648. The summed E-state index contributed by atoms with van der Waals surface area (Å²) in [6.45, 7) is 4.13. The molecule has 0 amide bonds. The van der Waals surface area contributed by atoms with Crippen LogP contribution in [0.25, 0.3) is 17.0 Å². The highest BCUT2D eigenvalue weighted by atomic mass is 17.2. The van der Waals surface area contributed by atoms with E-state index < -0.39 is 5.97 Å². The highest BCUT2D eigenvalue weighted by molar-refractivity contribution is 5.86. The van der Waals surface area contributed by atoms with Crippen molar-refractivity contribution in [3.8, 4) is 0 Å². The molecular weight excluding hydrogens is 284 g/mol. The molecule has 116 valence electrons. The summed E-state index contributed by atoms with van der Waals surface area (Å²) in [7, 11) is 0. The summed E-state index contributed by atoms with van der Waals surface area (Å²) in [4.78, 5) is 20.9. The third-order valence-corrected chi connectivity index (χ3v) is 2.71. The van der Waals surface area contributed by atoms with Gasteiger partial charge in [-0.3, -0.25) is 4.89 Å². The number of para-hydroxylation sites is 1. The van der Waals surface area contributed by atoms with Gasteiger partial charge in [-0.2, -0.15) is 4.89 Å². The van der Waals surface area contributed by atoms with Gasteiger partial charge in [0.05, 0.1) is 13.2 Å². The van der Waals surface area contributed by atoms with Gasteiger partial charge < -0.3 is 9.15 Å². The van der Waals surface area contributed by atoms with Gasteiger partial charge in [-0.1, -0.05) is 24.3 Å². The largest absolute Gasteiger partial charge is 0.487 e. The SMILES string of the molecule is CCOOC(=O)C(=CC=Cc1cc2ccccc2o1)OCC. The molecular formula is C17H18O5. The van der Waals surface area contributed by atoms with Crippen molar-refractivity contribution in [3.05, 3.63) is 54.0 Å². The molecule has 0 saturated carbocycles. The van der Waals surface area contributed by atoms with Gasteiger partial charge in [0.15, 0.2) is 0 Å². The summed E-state index contributed by atoms with van der Waals surface area (Å²) in [5, 5.41) is 1.02. The van der Waals surface area contributed by atoms with E-state index in [-0.39, 0.29) is 12.4 Å². The molecule has 0 radical (unpaired) electrons. The minimum absolute atomic E-state index is 0.0725. The van der Waals surface area contributed by atoms with Crippen molar-refractivity contribution in [3.63, 3.8) is 0 Å². The van der Waals surface area contributed by atoms with Crippen molar-refractivity contribution in [1.29, 1.82) is 0 Å². The zero-order chi connectivity index (χ0) is 15.8. The van der Waals surface area contributed by atoms with E-state index in [0.717, 1.165) is 11.0 Å². The highest BCUT2D eigenvalue weighted by Gasteiger charge is 2.12. The Labute approximate surface area is 128 Å². The van der Waals surface area contributed by atoms with E-state index in [0.29, 0.717) is 12.4 Å². The number of allylic oxidation sites excluding steroid dienone is 2. The van der Waals surface area contributed by atoms with E-state index >= 15 is 0 Å². The molecule has 0 atom stereocenters. The van der Waals surface area contributed by atoms with Crippen LogP contribution in [0.1, 0.15) is 19.6 Å². The lowest BCUT2D eigenvalue weighted by molar-refractivity contribution is -0.268. The zero-order valence-electron chi connectivity index (χ0n) is 12.6. The van der Waals surface area contributed by atoms with Crippen molar-refractivity contribution < 1.29 is 23.7 Å². The molecule has 0 fully saturated rings. The molecule has 0 saturated heterocycles. The van der Waals surface area contributed by atoms with Crippen LogP contribution in [-0.4, -0.2) is 19.2 Å². The predicted octanol–water partition coefficient (Wildman–Crippen LogP) is 3.86. The van der Waals surface area contributed by atoms with Crippen molar-refractivity contribution in [2.75, 3.05) is 13.2 Å². The third-order valence-electron chi connectivity index (χ3n) is 2.71.